The summed E-state index contributed by atoms with van der Waals surface area (Å²) in [5.74, 6) is -0.953. The minimum absolute atomic E-state index is 0.00739. The third-order valence-electron chi connectivity index (χ3n) is 3.95. The van der Waals surface area contributed by atoms with Crippen LogP contribution in [-0.4, -0.2) is 30.1 Å². The zero-order valence-corrected chi connectivity index (χ0v) is 14.0. The molecule has 0 aliphatic carbocycles. The second kappa shape index (κ2) is 7.64. The van der Waals surface area contributed by atoms with Crippen molar-refractivity contribution < 1.29 is 19.4 Å². The van der Waals surface area contributed by atoms with Gasteiger partial charge in [-0.05, 0) is 48.7 Å². The van der Waals surface area contributed by atoms with Gasteiger partial charge >= 0.3 is 5.97 Å². The third-order valence-corrected chi connectivity index (χ3v) is 3.95. The van der Waals surface area contributed by atoms with Crippen LogP contribution in [0.2, 0.25) is 0 Å². The topological polar surface area (TPSA) is 75.6 Å². The van der Waals surface area contributed by atoms with Gasteiger partial charge in [-0.15, -0.1) is 0 Å². The molecule has 2 rings (SSSR count). The Kier molecular flexibility index (Phi) is 5.58. The fraction of sp³-hybridized carbons (Fsp3) is 0.263. The lowest BCUT2D eigenvalue weighted by Gasteiger charge is -2.19. The SMILES string of the molecule is COC(=O)[C@H](Cc1c(C)cccc1C)NC(=O)c1cccc(O)c1. The van der Waals surface area contributed by atoms with Gasteiger partial charge in [0.25, 0.3) is 5.91 Å². The molecule has 5 nitrogen and oxygen atoms in total. The lowest BCUT2D eigenvalue weighted by molar-refractivity contribution is -0.142. The zero-order valence-electron chi connectivity index (χ0n) is 14.0. The van der Waals surface area contributed by atoms with Crippen LogP contribution in [0.3, 0.4) is 0 Å². The Balaban J connectivity index is 2.23. The molecule has 0 bridgehead atoms. The average Bonchev–Trinajstić information content (AvgIpc) is 2.56. The summed E-state index contributed by atoms with van der Waals surface area (Å²) in [7, 11) is 1.29. The van der Waals surface area contributed by atoms with Gasteiger partial charge in [-0.2, -0.15) is 0 Å². The maximum Gasteiger partial charge on any atom is 0.328 e. The molecule has 0 saturated heterocycles. The van der Waals surface area contributed by atoms with Crippen LogP contribution in [0.25, 0.3) is 0 Å². The molecule has 2 aromatic rings. The lowest BCUT2D eigenvalue weighted by atomic mass is 9.96. The molecule has 0 fully saturated rings. The van der Waals surface area contributed by atoms with Gasteiger partial charge in [0.05, 0.1) is 7.11 Å². The number of methoxy groups -OCH3 is 1. The van der Waals surface area contributed by atoms with Crippen molar-refractivity contribution in [2.45, 2.75) is 26.3 Å². The maximum absolute atomic E-state index is 12.4. The maximum atomic E-state index is 12.4. The molecule has 1 atom stereocenters. The Morgan fingerprint density at radius 3 is 2.33 bits per heavy atom. The van der Waals surface area contributed by atoms with E-state index in [0.29, 0.717) is 6.42 Å². The molecule has 5 heteroatoms. The summed E-state index contributed by atoms with van der Waals surface area (Å²) in [4.78, 5) is 24.4. The van der Waals surface area contributed by atoms with Gasteiger partial charge in [0, 0.05) is 12.0 Å². The summed E-state index contributed by atoms with van der Waals surface area (Å²) >= 11 is 0. The second-order valence-corrected chi connectivity index (χ2v) is 5.67. The van der Waals surface area contributed by atoms with Gasteiger partial charge in [-0.3, -0.25) is 4.79 Å². The van der Waals surface area contributed by atoms with Crippen LogP contribution in [0.1, 0.15) is 27.0 Å². The molecule has 0 aliphatic rings. The summed E-state index contributed by atoms with van der Waals surface area (Å²) in [6.07, 6.45) is 0.343. The number of phenols is 1. The molecule has 126 valence electrons. The molecule has 0 heterocycles. The van der Waals surface area contributed by atoms with E-state index in [1.165, 1.54) is 19.2 Å². The normalized spacial score (nSPS) is 11.6. The average molecular weight is 327 g/mol. The molecule has 24 heavy (non-hydrogen) atoms. The van der Waals surface area contributed by atoms with Crippen LogP contribution in [0.5, 0.6) is 5.75 Å². The first-order chi connectivity index (χ1) is 11.4. The number of nitrogens with one attached hydrogen (secondary N) is 1. The van der Waals surface area contributed by atoms with Gasteiger partial charge < -0.3 is 15.2 Å². The molecule has 0 unspecified atom stereocenters. The summed E-state index contributed by atoms with van der Waals surface area (Å²) in [5.41, 5.74) is 3.39. The van der Waals surface area contributed by atoms with E-state index in [0.717, 1.165) is 16.7 Å². The molecule has 2 N–H and O–H groups in total. The van der Waals surface area contributed by atoms with Crippen molar-refractivity contribution in [2.24, 2.45) is 0 Å². The van der Waals surface area contributed by atoms with Crippen molar-refractivity contribution in [1.29, 1.82) is 0 Å². The van der Waals surface area contributed by atoms with E-state index in [-0.39, 0.29) is 11.3 Å². The number of rotatable bonds is 5. The summed E-state index contributed by atoms with van der Waals surface area (Å²) in [5, 5.41) is 12.2. The van der Waals surface area contributed by atoms with E-state index >= 15 is 0 Å². The highest BCUT2D eigenvalue weighted by atomic mass is 16.5. The number of aromatic hydroxyl groups is 1. The smallest absolute Gasteiger partial charge is 0.328 e. The Morgan fingerprint density at radius 2 is 1.75 bits per heavy atom. The summed E-state index contributed by atoms with van der Waals surface area (Å²) in [6, 6.07) is 11.1. The van der Waals surface area contributed by atoms with Crippen LogP contribution in [0, 0.1) is 13.8 Å². The summed E-state index contributed by atoms with van der Waals surface area (Å²) < 4.78 is 4.82. The van der Waals surface area contributed by atoms with E-state index in [1.54, 1.807) is 12.1 Å². The van der Waals surface area contributed by atoms with Gasteiger partial charge in [0.15, 0.2) is 0 Å². The van der Waals surface area contributed by atoms with Crippen molar-refractivity contribution in [2.75, 3.05) is 7.11 Å². The minimum atomic E-state index is -0.801. The number of esters is 1. The number of carbonyl (C=O) groups excluding carboxylic acids is 2. The fourth-order valence-electron chi connectivity index (χ4n) is 2.60. The van der Waals surface area contributed by atoms with E-state index in [9.17, 15) is 14.7 Å². The van der Waals surface area contributed by atoms with E-state index < -0.39 is 17.9 Å². The Labute approximate surface area is 141 Å². The highest BCUT2D eigenvalue weighted by Crippen LogP contribution is 2.17. The van der Waals surface area contributed by atoms with Crippen molar-refractivity contribution in [3.05, 3.63) is 64.7 Å². The highest BCUT2D eigenvalue weighted by molar-refractivity contribution is 5.97. The van der Waals surface area contributed by atoms with Crippen LogP contribution in [-0.2, 0) is 16.0 Å². The quantitative estimate of drug-likeness (QED) is 0.828. The highest BCUT2D eigenvalue weighted by Gasteiger charge is 2.24. The van der Waals surface area contributed by atoms with E-state index in [1.807, 2.05) is 32.0 Å². The Bertz CT molecular complexity index is 735. The predicted octanol–water partition coefficient (Wildman–Crippen LogP) is 2.52. The van der Waals surface area contributed by atoms with Gasteiger partial charge in [0.1, 0.15) is 11.8 Å². The Morgan fingerprint density at radius 1 is 1.12 bits per heavy atom. The molecule has 2 aromatic carbocycles. The zero-order chi connectivity index (χ0) is 17.7. The third kappa shape index (κ3) is 4.13. The molecular weight excluding hydrogens is 306 g/mol. The largest absolute Gasteiger partial charge is 0.508 e. The van der Waals surface area contributed by atoms with Crippen molar-refractivity contribution >= 4 is 11.9 Å². The predicted molar refractivity (Wildman–Crippen MR) is 91.0 cm³/mol. The number of aryl methyl sites for hydroxylation is 2. The number of amides is 1. The number of hydrogen-bond acceptors (Lipinski definition) is 4. The van der Waals surface area contributed by atoms with Crippen LogP contribution in [0.15, 0.2) is 42.5 Å². The summed E-state index contributed by atoms with van der Waals surface area (Å²) in [6.45, 7) is 3.93. The van der Waals surface area contributed by atoms with Crippen molar-refractivity contribution in [3.63, 3.8) is 0 Å². The number of carbonyl (C=O) groups is 2. The number of phenolic OH excluding ortho intramolecular Hbond substituents is 1. The molecule has 0 aromatic heterocycles. The number of hydrogen-bond donors (Lipinski definition) is 2. The lowest BCUT2D eigenvalue weighted by Crippen LogP contribution is -2.43. The van der Waals surface area contributed by atoms with Crippen LogP contribution >= 0.6 is 0 Å². The van der Waals surface area contributed by atoms with E-state index in [2.05, 4.69) is 5.32 Å². The monoisotopic (exact) mass is 327 g/mol. The van der Waals surface area contributed by atoms with Crippen molar-refractivity contribution in [1.82, 2.24) is 5.32 Å². The second-order valence-electron chi connectivity index (χ2n) is 5.67. The number of ether oxygens (including phenoxy) is 1. The van der Waals surface area contributed by atoms with Gasteiger partial charge in [0.2, 0.25) is 0 Å². The van der Waals surface area contributed by atoms with Gasteiger partial charge in [-0.25, -0.2) is 4.79 Å². The Hall–Kier alpha value is -2.82. The van der Waals surface area contributed by atoms with Crippen LogP contribution in [0.4, 0.5) is 0 Å². The van der Waals surface area contributed by atoms with Gasteiger partial charge in [-0.1, -0.05) is 24.3 Å². The molecule has 1 amide bonds. The molecule has 0 spiro atoms. The van der Waals surface area contributed by atoms with Crippen LogP contribution < -0.4 is 5.32 Å². The first-order valence-electron chi connectivity index (χ1n) is 7.65. The fourth-order valence-corrected chi connectivity index (χ4v) is 2.60. The minimum Gasteiger partial charge on any atom is -0.508 e. The standard InChI is InChI=1S/C19H21NO4/c1-12-6-4-7-13(2)16(12)11-17(19(23)24-3)20-18(22)14-8-5-9-15(21)10-14/h4-10,17,21H,11H2,1-3H3,(H,20,22)/t17-/m0/s1. The first kappa shape index (κ1) is 17.5. The molecule has 0 saturated carbocycles. The molecular formula is C19H21NO4. The number of benzene rings is 2. The van der Waals surface area contributed by atoms with E-state index in [4.69, 9.17) is 4.74 Å². The molecule has 0 radical (unpaired) electrons. The molecule has 0 aliphatic heterocycles. The first-order valence-corrected chi connectivity index (χ1v) is 7.65. The van der Waals surface area contributed by atoms with Crippen molar-refractivity contribution in [3.8, 4) is 5.75 Å².